The van der Waals surface area contributed by atoms with Crippen molar-refractivity contribution in [3.8, 4) is 0 Å². The molecular formula is C36H36O9S3. The molecule has 0 unspecified atom stereocenters. The molecule has 0 radical (unpaired) electrons. The molecule has 252 valence electrons. The Balaban J connectivity index is 0.000000163. The highest BCUT2D eigenvalue weighted by Crippen LogP contribution is 2.29. The van der Waals surface area contributed by atoms with Gasteiger partial charge in [0, 0.05) is 10.8 Å². The number of hydrogen-bond donors (Lipinski definition) is 3. The topological polar surface area (TPSA) is 163 Å². The average Bonchev–Trinajstić information content (AvgIpc) is 2.96. The Morgan fingerprint density at radius 3 is 1.56 bits per heavy atom. The van der Waals surface area contributed by atoms with Gasteiger partial charge >= 0.3 is 0 Å². The fourth-order valence-corrected chi connectivity index (χ4v) is 7.83. The molecule has 0 saturated carbocycles. The van der Waals surface area contributed by atoms with Crippen molar-refractivity contribution in [2.75, 3.05) is 0 Å². The lowest BCUT2D eigenvalue weighted by Crippen LogP contribution is -2.02. The fraction of sp³-hybridized carbons (Fsp3) is 0.167. The van der Waals surface area contributed by atoms with Crippen LogP contribution in [-0.2, 0) is 30.4 Å². The van der Waals surface area contributed by atoms with Gasteiger partial charge in [-0.05, 0) is 104 Å². The maximum atomic E-state index is 11.3. The summed E-state index contributed by atoms with van der Waals surface area (Å²) < 4.78 is 94.7. The summed E-state index contributed by atoms with van der Waals surface area (Å²) in [5.41, 5.74) is 5.28. The van der Waals surface area contributed by atoms with E-state index >= 15 is 0 Å². The minimum Gasteiger partial charge on any atom is -0.282 e. The Kier molecular flexibility index (Phi) is 10.5. The highest BCUT2D eigenvalue weighted by molar-refractivity contribution is 7.86. The van der Waals surface area contributed by atoms with E-state index in [0.717, 1.165) is 49.4 Å². The van der Waals surface area contributed by atoms with Crippen molar-refractivity contribution < 1.29 is 38.9 Å². The van der Waals surface area contributed by atoms with Crippen LogP contribution in [-0.4, -0.2) is 38.9 Å². The zero-order chi connectivity index (χ0) is 35.8. The molecular weight excluding hydrogens is 673 g/mol. The van der Waals surface area contributed by atoms with Gasteiger partial charge in [0.2, 0.25) is 0 Å². The smallest absolute Gasteiger partial charge is 0.282 e. The molecule has 6 aromatic carbocycles. The van der Waals surface area contributed by atoms with E-state index in [9.17, 15) is 34.4 Å². The van der Waals surface area contributed by atoms with Crippen molar-refractivity contribution in [3.05, 3.63) is 124 Å². The molecule has 0 heterocycles. The van der Waals surface area contributed by atoms with Gasteiger partial charge in [-0.3, -0.25) is 13.7 Å². The summed E-state index contributed by atoms with van der Waals surface area (Å²) in [6.45, 7) is 11.1. The predicted molar refractivity (Wildman–Crippen MR) is 190 cm³/mol. The van der Waals surface area contributed by atoms with Gasteiger partial charge in [0.1, 0.15) is 9.79 Å². The molecule has 0 aliphatic heterocycles. The van der Waals surface area contributed by atoms with E-state index in [2.05, 4.69) is 0 Å². The largest absolute Gasteiger partial charge is 0.295 e. The zero-order valence-electron chi connectivity index (χ0n) is 27.2. The van der Waals surface area contributed by atoms with Crippen LogP contribution in [0.25, 0.3) is 32.3 Å². The number of fused-ring (bicyclic) bond motifs is 3. The Morgan fingerprint density at radius 2 is 1.00 bits per heavy atom. The van der Waals surface area contributed by atoms with Crippen molar-refractivity contribution in [1.82, 2.24) is 0 Å². The van der Waals surface area contributed by atoms with Gasteiger partial charge in [-0.2, -0.15) is 25.3 Å². The third kappa shape index (κ3) is 8.45. The Morgan fingerprint density at radius 1 is 0.417 bits per heavy atom. The van der Waals surface area contributed by atoms with Gasteiger partial charge < -0.3 is 0 Å². The first kappa shape index (κ1) is 36.7. The predicted octanol–water partition coefficient (Wildman–Crippen LogP) is 8.11. The summed E-state index contributed by atoms with van der Waals surface area (Å²) in [4.78, 5) is -0.0683. The summed E-state index contributed by atoms with van der Waals surface area (Å²) in [5, 5.41) is 4.63. The third-order valence-electron chi connectivity index (χ3n) is 7.77. The van der Waals surface area contributed by atoms with E-state index in [-0.39, 0.29) is 14.7 Å². The van der Waals surface area contributed by atoms with Crippen molar-refractivity contribution in [2.24, 2.45) is 0 Å². The lowest BCUT2D eigenvalue weighted by molar-refractivity contribution is 0.481. The van der Waals surface area contributed by atoms with Crippen molar-refractivity contribution >= 4 is 62.7 Å². The first-order valence-electron chi connectivity index (χ1n) is 14.6. The average molecular weight is 709 g/mol. The van der Waals surface area contributed by atoms with E-state index in [1.165, 1.54) is 18.2 Å². The Labute approximate surface area is 281 Å². The standard InChI is InChI=1S/3C12H12O3S/c1-8-3-4-10-5-9(2)7-12(11(10)6-8)16(13,14)15;1-8-3-4-10-7-11(16(13,14)15)6-9(2)12(10)5-8;1-8-4-3-5-11-10(8)7-6-9(2)12(11)16(13,14)15/h3*3-7H,1-2H3,(H,13,14,15). The van der Waals surface area contributed by atoms with Gasteiger partial charge in [0.05, 0.1) is 4.90 Å². The summed E-state index contributed by atoms with van der Waals surface area (Å²) >= 11 is 0. The van der Waals surface area contributed by atoms with Crippen LogP contribution in [0.4, 0.5) is 0 Å². The molecule has 12 heteroatoms. The van der Waals surface area contributed by atoms with Crippen molar-refractivity contribution in [3.63, 3.8) is 0 Å². The van der Waals surface area contributed by atoms with E-state index in [1.807, 2.05) is 76.2 Å². The molecule has 48 heavy (non-hydrogen) atoms. The SMILES string of the molecule is Cc1cc(S(=O)(=O)O)c2cc(C)ccc2c1.Cc1ccc2c(C)cccc2c1S(=O)(=O)O.Cc1ccc2cc(S(=O)(=O)O)cc(C)c2c1. The highest BCUT2D eigenvalue weighted by Gasteiger charge is 2.18. The number of benzene rings is 6. The third-order valence-corrected chi connectivity index (χ3v) is 10.5. The van der Waals surface area contributed by atoms with E-state index < -0.39 is 30.4 Å². The molecule has 9 nitrogen and oxygen atoms in total. The molecule has 0 aromatic heterocycles. The second-order valence-corrected chi connectivity index (χ2v) is 15.9. The van der Waals surface area contributed by atoms with Crippen molar-refractivity contribution in [1.29, 1.82) is 0 Å². The molecule has 0 saturated heterocycles. The lowest BCUT2D eigenvalue weighted by Gasteiger charge is -2.08. The molecule has 0 aliphatic carbocycles. The monoisotopic (exact) mass is 708 g/mol. The molecule has 0 spiro atoms. The fourth-order valence-electron chi connectivity index (χ4n) is 5.51. The normalized spacial score (nSPS) is 11.9. The van der Waals surface area contributed by atoms with Crippen LogP contribution in [0.1, 0.15) is 33.4 Å². The first-order valence-corrected chi connectivity index (χ1v) is 18.9. The summed E-state index contributed by atoms with van der Waals surface area (Å²) in [5.74, 6) is 0. The maximum absolute atomic E-state index is 11.3. The minimum absolute atomic E-state index is 0.00806. The zero-order valence-corrected chi connectivity index (χ0v) is 29.6. The molecule has 0 fully saturated rings. The highest BCUT2D eigenvalue weighted by atomic mass is 32.2. The Bertz CT molecular complexity index is 2530. The molecule has 0 atom stereocenters. The van der Waals surface area contributed by atoms with Crippen LogP contribution in [0.2, 0.25) is 0 Å². The minimum atomic E-state index is -4.18. The van der Waals surface area contributed by atoms with Crippen LogP contribution < -0.4 is 0 Å². The van der Waals surface area contributed by atoms with E-state index in [4.69, 9.17) is 4.55 Å². The van der Waals surface area contributed by atoms with Crippen LogP contribution in [0, 0.1) is 41.5 Å². The molecule has 0 aliphatic rings. The first-order chi connectivity index (χ1) is 22.2. The quantitative estimate of drug-likeness (QED) is 0.154. The van der Waals surface area contributed by atoms with Gasteiger partial charge in [0.25, 0.3) is 30.4 Å². The lowest BCUT2D eigenvalue weighted by atomic mass is 10.0. The van der Waals surface area contributed by atoms with Gasteiger partial charge in [-0.25, -0.2) is 0 Å². The molecule has 3 N–H and O–H groups in total. The van der Waals surface area contributed by atoms with Gasteiger partial charge in [-0.1, -0.05) is 83.9 Å². The van der Waals surface area contributed by atoms with Crippen LogP contribution in [0.15, 0.2) is 106 Å². The maximum Gasteiger partial charge on any atom is 0.295 e. The molecule has 0 bridgehead atoms. The van der Waals surface area contributed by atoms with E-state index in [1.54, 1.807) is 38.1 Å². The molecule has 6 aromatic rings. The van der Waals surface area contributed by atoms with Crippen LogP contribution >= 0.6 is 0 Å². The summed E-state index contributed by atoms with van der Waals surface area (Å²) in [6.07, 6.45) is 0. The van der Waals surface area contributed by atoms with Crippen LogP contribution in [0.5, 0.6) is 0 Å². The second-order valence-electron chi connectivity index (χ2n) is 11.8. The number of aryl methyl sites for hydroxylation is 6. The molecule has 6 rings (SSSR count). The summed E-state index contributed by atoms with van der Waals surface area (Å²) in [7, 11) is -12.5. The number of hydrogen-bond acceptors (Lipinski definition) is 6. The Hall–Kier alpha value is -4.17. The van der Waals surface area contributed by atoms with Crippen molar-refractivity contribution in [2.45, 2.75) is 56.2 Å². The summed E-state index contributed by atoms with van der Waals surface area (Å²) in [6, 6.07) is 26.6. The van der Waals surface area contributed by atoms with Crippen LogP contribution in [0.3, 0.4) is 0 Å². The second kappa shape index (κ2) is 13.7. The van der Waals surface area contributed by atoms with E-state index in [0.29, 0.717) is 16.3 Å². The van der Waals surface area contributed by atoms with Gasteiger partial charge in [-0.15, -0.1) is 0 Å². The van der Waals surface area contributed by atoms with Gasteiger partial charge in [0.15, 0.2) is 0 Å². The number of rotatable bonds is 3. The molecule has 0 amide bonds.